The molecule has 2 aromatic rings. The van der Waals surface area contributed by atoms with Gasteiger partial charge in [0.15, 0.2) is 9.84 Å². The zero-order valence-corrected chi connectivity index (χ0v) is 22.5. The smallest absolute Gasteiger partial charge is 0.243 e. The van der Waals surface area contributed by atoms with Gasteiger partial charge in [-0.1, -0.05) is 46.4 Å². The van der Waals surface area contributed by atoms with Gasteiger partial charge in [0.1, 0.15) is 0 Å². The summed E-state index contributed by atoms with van der Waals surface area (Å²) in [6.45, 7) is -0.924. The molecule has 0 aromatic heterocycles. The van der Waals surface area contributed by atoms with Gasteiger partial charge in [-0.25, -0.2) is 30.0 Å². The fraction of sp³-hybridized carbons (Fsp3) is 0.333. The first-order chi connectivity index (χ1) is 15.6. The average molecular weight is 612 g/mol. The minimum atomic E-state index is -4.41. The van der Waals surface area contributed by atoms with Crippen molar-refractivity contribution in [2.75, 3.05) is 24.6 Å². The summed E-state index contributed by atoms with van der Waals surface area (Å²) in [7, 11) is -12.2. The van der Waals surface area contributed by atoms with Crippen molar-refractivity contribution < 1.29 is 30.4 Å². The van der Waals surface area contributed by atoms with Crippen LogP contribution < -0.4 is 4.72 Å². The Kier molecular flexibility index (Phi) is 8.51. The molecule has 0 amide bonds. The van der Waals surface area contributed by atoms with Crippen molar-refractivity contribution in [1.29, 1.82) is 0 Å². The molecule has 1 aliphatic rings. The molecule has 3 rings (SSSR count). The van der Waals surface area contributed by atoms with Gasteiger partial charge in [-0.15, -0.1) is 0 Å². The highest BCUT2D eigenvalue weighted by molar-refractivity contribution is 7.92. The highest BCUT2D eigenvalue weighted by Gasteiger charge is 2.44. The van der Waals surface area contributed by atoms with Crippen molar-refractivity contribution in [1.82, 2.24) is 9.03 Å². The highest BCUT2D eigenvalue weighted by Crippen LogP contribution is 2.30. The first-order valence-electron chi connectivity index (χ1n) is 9.44. The monoisotopic (exact) mass is 610 g/mol. The predicted molar refractivity (Wildman–Crippen MR) is 130 cm³/mol. The van der Waals surface area contributed by atoms with E-state index in [1.54, 1.807) is 0 Å². The molecule has 1 heterocycles. The first-order valence-corrected chi connectivity index (χ1v) is 15.7. The number of nitrogens with one attached hydrogen (secondary N) is 1. The van der Waals surface area contributed by atoms with Crippen molar-refractivity contribution >= 4 is 76.3 Å². The van der Waals surface area contributed by atoms with Crippen LogP contribution in [0.4, 0.5) is 0 Å². The van der Waals surface area contributed by atoms with Crippen LogP contribution in [0.2, 0.25) is 20.1 Å². The molecule has 1 fully saturated rings. The first kappa shape index (κ1) is 27.9. The molecule has 2 atom stereocenters. The number of nitrogens with zero attached hydrogens (tertiary/aromatic N) is 1. The van der Waals surface area contributed by atoms with E-state index in [-0.39, 0.29) is 29.9 Å². The molecule has 0 spiro atoms. The minimum absolute atomic E-state index is 0.00708. The van der Waals surface area contributed by atoms with Crippen LogP contribution in [0.3, 0.4) is 0 Å². The van der Waals surface area contributed by atoms with Crippen molar-refractivity contribution in [2.24, 2.45) is 0 Å². The Morgan fingerprint density at radius 2 is 1.41 bits per heavy atom. The maximum atomic E-state index is 13.4. The molecule has 0 aliphatic carbocycles. The number of hydrogen-bond acceptors (Lipinski definition) is 7. The van der Waals surface area contributed by atoms with Gasteiger partial charge in [0.2, 0.25) is 20.0 Å². The Morgan fingerprint density at radius 3 is 1.91 bits per heavy atom. The van der Waals surface area contributed by atoms with Crippen LogP contribution in [-0.2, 0) is 29.9 Å². The van der Waals surface area contributed by atoms with E-state index in [9.17, 15) is 30.4 Å². The molecule has 0 saturated carbocycles. The minimum Gasteiger partial charge on any atom is -0.390 e. The Morgan fingerprint density at radius 1 is 0.882 bits per heavy atom. The summed E-state index contributed by atoms with van der Waals surface area (Å²) in [6, 6.07) is 5.81. The molecule has 1 aliphatic heterocycles. The van der Waals surface area contributed by atoms with Gasteiger partial charge in [0.25, 0.3) is 0 Å². The van der Waals surface area contributed by atoms with Crippen molar-refractivity contribution in [3.63, 3.8) is 0 Å². The van der Waals surface area contributed by atoms with E-state index < -0.39 is 66.6 Å². The highest BCUT2D eigenvalue weighted by atomic mass is 35.5. The van der Waals surface area contributed by atoms with Crippen molar-refractivity contribution in [3.8, 4) is 0 Å². The predicted octanol–water partition coefficient (Wildman–Crippen LogP) is 2.43. The second-order valence-electron chi connectivity index (χ2n) is 7.38. The molecule has 16 heteroatoms. The zero-order chi connectivity index (χ0) is 25.5. The summed E-state index contributed by atoms with van der Waals surface area (Å²) in [5.74, 6) is -1.26. The van der Waals surface area contributed by atoms with E-state index in [0.717, 1.165) is 16.4 Å². The molecule has 9 nitrogen and oxygen atoms in total. The fourth-order valence-corrected chi connectivity index (χ4v) is 8.69. The lowest BCUT2D eigenvalue weighted by atomic mass is 10.2. The van der Waals surface area contributed by atoms with Crippen LogP contribution in [0, 0.1) is 0 Å². The van der Waals surface area contributed by atoms with E-state index in [1.165, 1.54) is 24.3 Å². The van der Waals surface area contributed by atoms with Gasteiger partial charge in [-0.2, -0.15) is 4.31 Å². The summed E-state index contributed by atoms with van der Waals surface area (Å²) < 4.78 is 79.0. The summed E-state index contributed by atoms with van der Waals surface area (Å²) >= 11 is 23.5. The second kappa shape index (κ2) is 10.4. The van der Waals surface area contributed by atoms with Gasteiger partial charge < -0.3 is 5.11 Å². The number of halogens is 4. The SMILES string of the molecule is O=S1(=O)C[C@H](O)[C@@H](N(CCNS(=O)(=O)c2ccc(Cl)c(Cl)c2)S(=O)(=O)c2ccc(Cl)c(Cl)c2)C1. The molecule has 34 heavy (non-hydrogen) atoms. The second-order valence-corrected chi connectivity index (χ2v) is 14.8. The van der Waals surface area contributed by atoms with Gasteiger partial charge in [-0.05, 0) is 36.4 Å². The van der Waals surface area contributed by atoms with E-state index in [1.807, 2.05) is 0 Å². The van der Waals surface area contributed by atoms with E-state index in [2.05, 4.69) is 4.72 Å². The van der Waals surface area contributed by atoms with Crippen LogP contribution in [0.25, 0.3) is 0 Å². The van der Waals surface area contributed by atoms with Crippen LogP contribution in [-0.4, -0.2) is 71.4 Å². The molecular formula is C18H18Cl4N2O7S3. The Labute approximate surface area is 217 Å². The summed E-state index contributed by atoms with van der Waals surface area (Å²) in [5.41, 5.74) is 0. The lowest BCUT2D eigenvalue weighted by Gasteiger charge is -2.29. The molecule has 2 N–H and O–H groups in total. The standard InChI is InChI=1S/C18H18Cl4N2O7S3/c19-13-3-1-11(7-15(13)21)33(28,29)23-5-6-24(17-9-32(26,27)10-18(17)25)34(30,31)12-2-4-14(20)16(22)8-12/h1-4,7-8,17-18,23,25H,5-6,9-10H2/t17-,18-/m0/s1. The normalized spacial score (nSPS) is 20.6. The fourth-order valence-electron chi connectivity index (χ4n) is 3.34. The van der Waals surface area contributed by atoms with E-state index >= 15 is 0 Å². The third kappa shape index (κ3) is 6.17. The molecule has 188 valence electrons. The van der Waals surface area contributed by atoms with Crippen LogP contribution >= 0.6 is 46.4 Å². The van der Waals surface area contributed by atoms with Gasteiger partial charge in [0, 0.05) is 13.1 Å². The topological polar surface area (TPSA) is 138 Å². The van der Waals surface area contributed by atoms with Crippen molar-refractivity contribution in [3.05, 3.63) is 56.5 Å². The summed E-state index contributed by atoms with van der Waals surface area (Å²) in [6.07, 6.45) is -1.51. The summed E-state index contributed by atoms with van der Waals surface area (Å²) in [5, 5.41) is 10.5. The van der Waals surface area contributed by atoms with Crippen LogP contribution in [0.15, 0.2) is 46.2 Å². The number of aliphatic hydroxyl groups is 1. The molecule has 0 radical (unpaired) electrons. The number of rotatable bonds is 8. The van der Waals surface area contributed by atoms with E-state index in [4.69, 9.17) is 46.4 Å². The van der Waals surface area contributed by atoms with Crippen LogP contribution in [0.1, 0.15) is 0 Å². The molecule has 0 unspecified atom stereocenters. The zero-order valence-electron chi connectivity index (χ0n) is 17.0. The third-order valence-corrected chi connectivity index (χ3v) is 11.5. The molecule has 2 aromatic carbocycles. The lowest BCUT2D eigenvalue weighted by molar-refractivity contribution is 0.128. The lowest BCUT2D eigenvalue weighted by Crippen LogP contribution is -2.49. The Balaban J connectivity index is 1.90. The summed E-state index contributed by atoms with van der Waals surface area (Å²) in [4.78, 5) is -0.505. The number of sulfone groups is 1. The number of sulfonamides is 2. The average Bonchev–Trinajstić information content (AvgIpc) is 3.00. The maximum Gasteiger partial charge on any atom is 0.243 e. The maximum absolute atomic E-state index is 13.4. The molecular weight excluding hydrogens is 594 g/mol. The van der Waals surface area contributed by atoms with Gasteiger partial charge >= 0.3 is 0 Å². The molecule has 0 bridgehead atoms. The largest absolute Gasteiger partial charge is 0.390 e. The van der Waals surface area contributed by atoms with Gasteiger partial charge in [-0.3, -0.25) is 0 Å². The number of hydrogen-bond donors (Lipinski definition) is 2. The Hall–Kier alpha value is -0.670. The molecule has 1 saturated heterocycles. The van der Waals surface area contributed by atoms with Gasteiger partial charge in [0.05, 0.1) is 53.5 Å². The quantitative estimate of drug-likeness (QED) is 0.467. The number of aliphatic hydroxyl groups excluding tert-OH is 1. The Bertz CT molecular complexity index is 1420. The van der Waals surface area contributed by atoms with E-state index in [0.29, 0.717) is 0 Å². The number of benzene rings is 2. The van der Waals surface area contributed by atoms with Crippen LogP contribution in [0.5, 0.6) is 0 Å². The van der Waals surface area contributed by atoms with Crippen molar-refractivity contribution in [2.45, 2.75) is 21.9 Å². The third-order valence-electron chi connectivity index (χ3n) is 4.99.